The fraction of sp³-hybridized carbons (Fsp3) is 0.909. The molecule has 4 nitrogen and oxygen atoms in total. The summed E-state index contributed by atoms with van der Waals surface area (Å²) < 4.78 is 9.86. The van der Waals surface area contributed by atoms with Gasteiger partial charge in [0, 0.05) is 6.54 Å². The lowest BCUT2D eigenvalue weighted by Crippen LogP contribution is -2.23. The van der Waals surface area contributed by atoms with Crippen LogP contribution in [0.5, 0.6) is 0 Å². The topological polar surface area (TPSA) is 47.6 Å². The van der Waals surface area contributed by atoms with Crippen molar-refractivity contribution in [2.45, 2.75) is 26.2 Å². The Bertz CT molecular complexity index is 181. The molecule has 15 heavy (non-hydrogen) atoms. The number of carbonyl (C=O) groups is 1. The predicted molar refractivity (Wildman–Crippen MR) is 57.7 cm³/mol. The lowest BCUT2D eigenvalue weighted by Gasteiger charge is -2.05. The number of carbonyl (C=O) groups excluding carboxylic acids is 1. The van der Waals surface area contributed by atoms with E-state index in [1.165, 1.54) is 19.3 Å². The van der Waals surface area contributed by atoms with Crippen molar-refractivity contribution in [3.8, 4) is 0 Å². The van der Waals surface area contributed by atoms with E-state index in [-0.39, 0.29) is 12.6 Å². The number of hydrogen-bond acceptors (Lipinski definition) is 4. The Balaban J connectivity index is 1.73. The molecule has 88 valence electrons. The highest BCUT2D eigenvalue weighted by Crippen LogP contribution is 2.31. The van der Waals surface area contributed by atoms with E-state index in [9.17, 15) is 4.79 Å². The minimum atomic E-state index is -0.282. The van der Waals surface area contributed by atoms with E-state index < -0.39 is 0 Å². The summed E-state index contributed by atoms with van der Waals surface area (Å²) >= 11 is 0. The Hall–Kier alpha value is -0.610. The molecule has 0 spiro atoms. The second-order valence-corrected chi connectivity index (χ2v) is 3.84. The molecule has 1 aliphatic rings. The highest BCUT2D eigenvalue weighted by molar-refractivity contribution is 5.70. The van der Waals surface area contributed by atoms with Crippen LogP contribution in [0.15, 0.2) is 0 Å². The van der Waals surface area contributed by atoms with Gasteiger partial charge in [0.25, 0.3) is 0 Å². The maximum Gasteiger partial charge on any atom is 0.332 e. The van der Waals surface area contributed by atoms with Crippen LogP contribution >= 0.6 is 0 Å². The van der Waals surface area contributed by atoms with Gasteiger partial charge in [0.15, 0.2) is 0 Å². The lowest BCUT2D eigenvalue weighted by atomic mass is 10.3. The zero-order valence-corrected chi connectivity index (χ0v) is 9.46. The monoisotopic (exact) mass is 215 g/mol. The van der Waals surface area contributed by atoms with E-state index in [0.29, 0.717) is 13.2 Å². The normalized spacial score (nSPS) is 15.3. The summed E-state index contributed by atoms with van der Waals surface area (Å²) in [6.45, 7) is 4.72. The van der Waals surface area contributed by atoms with Gasteiger partial charge in [0.2, 0.25) is 0 Å². The van der Waals surface area contributed by atoms with E-state index in [4.69, 9.17) is 9.47 Å². The van der Waals surface area contributed by atoms with Gasteiger partial charge in [-0.2, -0.15) is 0 Å². The van der Waals surface area contributed by atoms with Crippen LogP contribution in [0, 0.1) is 5.92 Å². The first-order valence-electron chi connectivity index (χ1n) is 5.77. The van der Waals surface area contributed by atoms with Crippen LogP contribution in [0.4, 0.5) is 0 Å². The molecule has 0 heterocycles. The highest BCUT2D eigenvalue weighted by atomic mass is 16.6. The second-order valence-electron chi connectivity index (χ2n) is 3.84. The van der Waals surface area contributed by atoms with Crippen molar-refractivity contribution in [3.63, 3.8) is 0 Å². The first-order chi connectivity index (χ1) is 7.33. The van der Waals surface area contributed by atoms with Crippen LogP contribution in [-0.2, 0) is 14.3 Å². The van der Waals surface area contributed by atoms with Gasteiger partial charge in [-0.3, -0.25) is 0 Å². The highest BCUT2D eigenvalue weighted by Gasteiger charge is 2.19. The van der Waals surface area contributed by atoms with Crippen molar-refractivity contribution >= 4 is 5.97 Å². The van der Waals surface area contributed by atoms with E-state index in [1.807, 2.05) is 0 Å². The van der Waals surface area contributed by atoms with Crippen LogP contribution in [0.3, 0.4) is 0 Å². The van der Waals surface area contributed by atoms with Gasteiger partial charge in [-0.05, 0) is 25.8 Å². The third-order valence-corrected chi connectivity index (χ3v) is 2.37. The molecule has 0 aromatic heterocycles. The van der Waals surface area contributed by atoms with Crippen molar-refractivity contribution in [2.75, 3.05) is 32.9 Å². The van der Waals surface area contributed by atoms with Crippen LogP contribution < -0.4 is 5.32 Å². The molecule has 0 aromatic rings. The molecule has 0 amide bonds. The summed E-state index contributed by atoms with van der Waals surface area (Å²) in [5, 5.41) is 3.29. The third-order valence-electron chi connectivity index (χ3n) is 2.37. The van der Waals surface area contributed by atoms with Gasteiger partial charge in [-0.25, -0.2) is 4.79 Å². The molecule has 4 heteroatoms. The first-order valence-corrected chi connectivity index (χ1v) is 5.77. The van der Waals surface area contributed by atoms with Crippen molar-refractivity contribution < 1.29 is 14.3 Å². The Morgan fingerprint density at radius 3 is 2.87 bits per heavy atom. The standard InChI is InChI=1S/C11H21NO3/c1-2-15-11(13)9-14-8-7-12-6-5-10-3-4-10/h10,12H,2-9H2,1H3. The average molecular weight is 215 g/mol. The molecular formula is C11H21NO3. The molecule has 0 unspecified atom stereocenters. The number of hydrogen-bond donors (Lipinski definition) is 1. The summed E-state index contributed by atoms with van der Waals surface area (Å²) in [6, 6.07) is 0. The molecule has 1 fully saturated rings. The average Bonchev–Trinajstić information content (AvgIpc) is 3.00. The fourth-order valence-corrected chi connectivity index (χ4v) is 1.34. The van der Waals surface area contributed by atoms with Gasteiger partial charge < -0.3 is 14.8 Å². The summed E-state index contributed by atoms with van der Waals surface area (Å²) in [4.78, 5) is 10.9. The summed E-state index contributed by atoms with van der Waals surface area (Å²) in [5.41, 5.74) is 0. The zero-order chi connectivity index (χ0) is 10.9. The molecule has 0 aromatic carbocycles. The Morgan fingerprint density at radius 1 is 1.40 bits per heavy atom. The predicted octanol–water partition coefficient (Wildman–Crippen LogP) is 0.956. The number of rotatable bonds is 9. The summed E-state index contributed by atoms with van der Waals surface area (Å²) in [5.74, 6) is 0.688. The van der Waals surface area contributed by atoms with Crippen LogP contribution in [0.1, 0.15) is 26.2 Å². The zero-order valence-electron chi connectivity index (χ0n) is 9.46. The van der Waals surface area contributed by atoms with E-state index in [0.717, 1.165) is 19.0 Å². The van der Waals surface area contributed by atoms with E-state index >= 15 is 0 Å². The van der Waals surface area contributed by atoms with Gasteiger partial charge >= 0.3 is 5.97 Å². The lowest BCUT2D eigenvalue weighted by molar-refractivity contribution is -0.148. The molecule has 1 saturated carbocycles. The van der Waals surface area contributed by atoms with Crippen LogP contribution in [-0.4, -0.2) is 38.9 Å². The Kier molecular flexibility index (Phi) is 6.36. The molecule has 1 aliphatic carbocycles. The van der Waals surface area contributed by atoms with E-state index in [1.54, 1.807) is 6.92 Å². The third kappa shape index (κ3) is 7.33. The SMILES string of the molecule is CCOC(=O)COCCNCCC1CC1. The number of esters is 1. The Labute approximate surface area is 91.3 Å². The summed E-state index contributed by atoms with van der Waals surface area (Å²) in [6.07, 6.45) is 4.08. The fourth-order valence-electron chi connectivity index (χ4n) is 1.34. The van der Waals surface area contributed by atoms with Gasteiger partial charge in [0.1, 0.15) is 6.61 Å². The molecule has 0 aliphatic heterocycles. The number of ether oxygens (including phenoxy) is 2. The smallest absolute Gasteiger partial charge is 0.332 e. The van der Waals surface area contributed by atoms with Crippen molar-refractivity contribution in [2.24, 2.45) is 5.92 Å². The molecule has 0 saturated heterocycles. The van der Waals surface area contributed by atoms with Gasteiger partial charge in [0.05, 0.1) is 13.2 Å². The molecular weight excluding hydrogens is 194 g/mol. The minimum Gasteiger partial charge on any atom is -0.464 e. The quantitative estimate of drug-likeness (QED) is 0.459. The summed E-state index contributed by atoms with van der Waals surface area (Å²) in [7, 11) is 0. The maximum absolute atomic E-state index is 10.9. The van der Waals surface area contributed by atoms with Crippen molar-refractivity contribution in [1.29, 1.82) is 0 Å². The molecule has 1 N–H and O–H groups in total. The van der Waals surface area contributed by atoms with Crippen LogP contribution in [0.2, 0.25) is 0 Å². The van der Waals surface area contributed by atoms with Crippen LogP contribution in [0.25, 0.3) is 0 Å². The molecule has 0 bridgehead atoms. The van der Waals surface area contributed by atoms with Crippen molar-refractivity contribution in [3.05, 3.63) is 0 Å². The minimum absolute atomic E-state index is 0.0676. The van der Waals surface area contributed by atoms with E-state index in [2.05, 4.69) is 5.32 Å². The van der Waals surface area contributed by atoms with Crippen molar-refractivity contribution in [1.82, 2.24) is 5.32 Å². The first kappa shape index (κ1) is 12.5. The molecule has 1 rings (SSSR count). The number of nitrogens with one attached hydrogen (secondary N) is 1. The molecule has 0 radical (unpaired) electrons. The Morgan fingerprint density at radius 2 is 2.20 bits per heavy atom. The maximum atomic E-state index is 10.9. The van der Waals surface area contributed by atoms with Gasteiger partial charge in [-0.15, -0.1) is 0 Å². The van der Waals surface area contributed by atoms with Gasteiger partial charge in [-0.1, -0.05) is 12.8 Å². The second kappa shape index (κ2) is 7.65. The largest absolute Gasteiger partial charge is 0.464 e. The molecule has 0 atom stereocenters.